The smallest absolute Gasteiger partial charge is 0.416 e. The van der Waals surface area contributed by atoms with Crippen molar-refractivity contribution in [3.05, 3.63) is 71.1 Å². The monoisotopic (exact) mass is 535 g/mol. The summed E-state index contributed by atoms with van der Waals surface area (Å²) in [6.07, 6.45) is -1.34. The van der Waals surface area contributed by atoms with Crippen molar-refractivity contribution in [2.24, 2.45) is 0 Å². The van der Waals surface area contributed by atoms with E-state index >= 15 is 4.39 Å². The van der Waals surface area contributed by atoms with Crippen molar-refractivity contribution in [1.82, 2.24) is 9.78 Å². The molecule has 0 saturated heterocycles. The van der Waals surface area contributed by atoms with Gasteiger partial charge >= 0.3 is 12.1 Å². The third-order valence-corrected chi connectivity index (χ3v) is 6.40. The van der Waals surface area contributed by atoms with Crippen LogP contribution in [0.25, 0.3) is 11.1 Å². The first-order valence-corrected chi connectivity index (χ1v) is 11.9. The Morgan fingerprint density at radius 1 is 1.08 bits per heavy atom. The van der Waals surface area contributed by atoms with Gasteiger partial charge in [0.25, 0.3) is 0 Å². The Hall–Kier alpha value is -3.76. The molecule has 6 nitrogen and oxygen atoms in total. The Morgan fingerprint density at radius 3 is 2.29 bits per heavy atom. The summed E-state index contributed by atoms with van der Waals surface area (Å²) in [5.74, 6) is -3.53. The molecule has 1 aromatic heterocycles. The molecular weight excluding hydrogens is 509 g/mol. The molecule has 202 valence electrons. The van der Waals surface area contributed by atoms with E-state index in [0.29, 0.717) is 11.6 Å². The Morgan fingerprint density at radius 2 is 1.76 bits per heavy atom. The summed E-state index contributed by atoms with van der Waals surface area (Å²) < 4.78 is 75.6. The van der Waals surface area contributed by atoms with Crippen LogP contribution in [-0.2, 0) is 26.7 Å². The second-order valence-electron chi connectivity index (χ2n) is 10.2. The van der Waals surface area contributed by atoms with Crippen LogP contribution in [0.2, 0.25) is 0 Å². The summed E-state index contributed by atoms with van der Waals surface area (Å²) in [4.78, 5) is 25.9. The number of rotatable bonds is 6. The average molecular weight is 536 g/mol. The molecule has 0 radical (unpaired) electrons. The number of carbonyl (C=O) groups is 2. The maximum absolute atomic E-state index is 15.4. The van der Waals surface area contributed by atoms with Crippen LogP contribution in [0.4, 0.5) is 27.6 Å². The third-order valence-electron chi connectivity index (χ3n) is 6.40. The standard InChI is InChI=1S/C27H26F5N3O3/c1-5-38-23(36)18-11-17(12-21(29)22(18)15-13-33-35(14-15)25(2,3)4)34-24(37)26(8-9-26)19-7-6-16(10-20(19)28)27(30,31)32/h6-7,10-14H,5,8-9H2,1-4H3,(H,34,37). The number of amides is 1. The predicted octanol–water partition coefficient (Wildman–Crippen LogP) is 6.45. The van der Waals surface area contributed by atoms with Crippen LogP contribution in [0.15, 0.2) is 42.7 Å². The molecule has 1 heterocycles. The predicted molar refractivity (Wildman–Crippen MR) is 130 cm³/mol. The molecule has 4 rings (SSSR count). The number of nitrogens with zero attached hydrogens (tertiary/aromatic N) is 2. The number of anilines is 1. The summed E-state index contributed by atoms with van der Waals surface area (Å²) >= 11 is 0. The van der Waals surface area contributed by atoms with Gasteiger partial charge in [-0.25, -0.2) is 13.6 Å². The largest absolute Gasteiger partial charge is 0.462 e. The third kappa shape index (κ3) is 5.14. The molecule has 0 aliphatic heterocycles. The average Bonchev–Trinajstić information content (AvgIpc) is 3.46. The summed E-state index contributed by atoms with van der Waals surface area (Å²) in [5.41, 5.74) is -3.13. The molecule has 0 bridgehead atoms. The minimum atomic E-state index is -4.73. The number of alkyl halides is 3. The lowest BCUT2D eigenvalue weighted by atomic mass is 9.93. The second kappa shape index (κ2) is 9.52. The van der Waals surface area contributed by atoms with E-state index in [9.17, 15) is 27.2 Å². The first-order chi connectivity index (χ1) is 17.7. The maximum Gasteiger partial charge on any atom is 0.416 e. The quantitative estimate of drug-likeness (QED) is 0.291. The van der Waals surface area contributed by atoms with Crippen LogP contribution in [0.5, 0.6) is 0 Å². The number of carbonyl (C=O) groups excluding carboxylic acids is 2. The van der Waals surface area contributed by atoms with Crippen molar-refractivity contribution in [3.8, 4) is 11.1 Å². The van der Waals surface area contributed by atoms with Gasteiger partial charge in [0.2, 0.25) is 5.91 Å². The van der Waals surface area contributed by atoms with Gasteiger partial charge in [-0.3, -0.25) is 9.48 Å². The highest BCUT2D eigenvalue weighted by atomic mass is 19.4. The molecule has 0 unspecified atom stereocenters. The molecule has 0 atom stereocenters. The zero-order valence-electron chi connectivity index (χ0n) is 21.2. The van der Waals surface area contributed by atoms with E-state index in [2.05, 4.69) is 10.4 Å². The zero-order valence-corrected chi connectivity index (χ0v) is 21.2. The number of benzene rings is 2. The molecule has 2 aromatic carbocycles. The molecule has 38 heavy (non-hydrogen) atoms. The first-order valence-electron chi connectivity index (χ1n) is 11.9. The number of esters is 1. The van der Waals surface area contributed by atoms with Crippen LogP contribution in [0.3, 0.4) is 0 Å². The van der Waals surface area contributed by atoms with Crippen molar-refractivity contribution in [2.75, 3.05) is 11.9 Å². The fourth-order valence-electron chi connectivity index (χ4n) is 4.23. The van der Waals surface area contributed by atoms with Crippen molar-refractivity contribution < 1.29 is 36.3 Å². The summed E-state index contributed by atoms with van der Waals surface area (Å²) in [7, 11) is 0. The molecule has 3 aromatic rings. The molecule has 1 amide bonds. The fourth-order valence-corrected chi connectivity index (χ4v) is 4.23. The number of aromatic nitrogens is 2. The molecule has 1 fully saturated rings. The second-order valence-corrected chi connectivity index (χ2v) is 10.2. The Balaban J connectivity index is 1.69. The van der Waals surface area contributed by atoms with E-state index < -0.39 is 46.2 Å². The van der Waals surface area contributed by atoms with Gasteiger partial charge in [-0.2, -0.15) is 18.3 Å². The number of hydrogen-bond acceptors (Lipinski definition) is 4. The highest BCUT2D eigenvalue weighted by molar-refractivity contribution is 6.04. The number of hydrogen-bond donors (Lipinski definition) is 1. The molecule has 1 N–H and O–H groups in total. The topological polar surface area (TPSA) is 73.2 Å². The Kier molecular flexibility index (Phi) is 6.83. The minimum Gasteiger partial charge on any atom is -0.462 e. The van der Waals surface area contributed by atoms with E-state index in [1.807, 2.05) is 20.8 Å². The van der Waals surface area contributed by atoms with E-state index in [1.165, 1.54) is 12.3 Å². The zero-order chi connectivity index (χ0) is 28.0. The van der Waals surface area contributed by atoms with Gasteiger partial charge in [0, 0.05) is 28.6 Å². The lowest BCUT2D eigenvalue weighted by molar-refractivity contribution is -0.137. The number of halogens is 5. The first kappa shape index (κ1) is 27.3. The molecule has 11 heteroatoms. The summed E-state index contributed by atoms with van der Waals surface area (Å²) in [5, 5.41) is 6.75. The SMILES string of the molecule is CCOC(=O)c1cc(NC(=O)C2(c3ccc(C(F)(F)F)cc3F)CC2)cc(F)c1-c1cnn(C(C)(C)C)c1. The van der Waals surface area contributed by atoms with Crippen LogP contribution in [0.1, 0.15) is 62.0 Å². The maximum atomic E-state index is 15.4. The van der Waals surface area contributed by atoms with Gasteiger partial charge in [-0.05, 0) is 64.8 Å². The summed E-state index contributed by atoms with van der Waals surface area (Å²) in [6.45, 7) is 7.31. The number of nitrogens with one attached hydrogen (secondary N) is 1. The molecule has 1 aliphatic carbocycles. The minimum absolute atomic E-state index is 0.0219. The van der Waals surface area contributed by atoms with Gasteiger partial charge < -0.3 is 10.1 Å². The van der Waals surface area contributed by atoms with Crippen LogP contribution < -0.4 is 5.32 Å². The van der Waals surface area contributed by atoms with Crippen molar-refractivity contribution >= 4 is 17.6 Å². The van der Waals surface area contributed by atoms with Crippen molar-refractivity contribution in [3.63, 3.8) is 0 Å². The van der Waals surface area contributed by atoms with Gasteiger partial charge in [0.1, 0.15) is 11.6 Å². The van der Waals surface area contributed by atoms with E-state index in [4.69, 9.17) is 4.74 Å². The normalized spacial score (nSPS) is 14.8. The van der Waals surface area contributed by atoms with Gasteiger partial charge in [0.05, 0.1) is 34.9 Å². The highest BCUT2D eigenvalue weighted by Gasteiger charge is 2.53. The Bertz CT molecular complexity index is 1400. The molecule has 0 spiro atoms. The molecule has 1 aliphatic rings. The lowest BCUT2D eigenvalue weighted by Crippen LogP contribution is -2.29. The van der Waals surface area contributed by atoms with Gasteiger partial charge in [-0.1, -0.05) is 6.07 Å². The van der Waals surface area contributed by atoms with E-state index in [0.717, 1.165) is 18.2 Å². The lowest BCUT2D eigenvalue weighted by Gasteiger charge is -2.19. The van der Waals surface area contributed by atoms with Crippen molar-refractivity contribution in [1.29, 1.82) is 0 Å². The summed E-state index contributed by atoms with van der Waals surface area (Å²) in [6, 6.07) is 4.29. The fraction of sp³-hybridized carbons (Fsp3) is 0.370. The number of ether oxygens (including phenoxy) is 1. The molecule has 1 saturated carbocycles. The van der Waals surface area contributed by atoms with Crippen LogP contribution >= 0.6 is 0 Å². The van der Waals surface area contributed by atoms with Crippen molar-refractivity contribution in [2.45, 2.75) is 57.7 Å². The van der Waals surface area contributed by atoms with E-state index in [-0.39, 0.29) is 41.8 Å². The Labute approximate surface area is 215 Å². The highest BCUT2D eigenvalue weighted by Crippen LogP contribution is 2.50. The van der Waals surface area contributed by atoms with Crippen LogP contribution in [-0.4, -0.2) is 28.3 Å². The van der Waals surface area contributed by atoms with Crippen LogP contribution in [0, 0.1) is 11.6 Å². The van der Waals surface area contributed by atoms with E-state index in [1.54, 1.807) is 17.8 Å². The molecular formula is C27H26F5N3O3. The van der Waals surface area contributed by atoms with Gasteiger partial charge in [-0.15, -0.1) is 0 Å². The van der Waals surface area contributed by atoms with Gasteiger partial charge in [0.15, 0.2) is 0 Å².